The van der Waals surface area contributed by atoms with Gasteiger partial charge in [-0.1, -0.05) is 25.5 Å². The Hall–Kier alpha value is -1.30. The van der Waals surface area contributed by atoms with Gasteiger partial charge in [-0.2, -0.15) is 21.6 Å². The molecule has 5 nitrogen and oxygen atoms in total. The van der Waals surface area contributed by atoms with Gasteiger partial charge >= 0.3 is 42.8 Å². The van der Waals surface area contributed by atoms with Crippen LogP contribution in [-0.2, 0) is 14.3 Å². The molecule has 0 saturated carbocycles. The Kier molecular flexibility index (Phi) is 7.52. The maximum Gasteiger partial charge on any atom is 0.534 e. The van der Waals surface area contributed by atoms with E-state index in [-0.39, 0.29) is 17.7 Å². The van der Waals surface area contributed by atoms with Crippen LogP contribution in [0.25, 0.3) is 0 Å². The lowest BCUT2D eigenvalue weighted by Crippen LogP contribution is -3.59. The highest BCUT2D eigenvalue weighted by Crippen LogP contribution is 2.27. The molecule has 0 aliphatic rings. The summed E-state index contributed by atoms with van der Waals surface area (Å²) in [4.78, 5) is 11.1. The van der Waals surface area contributed by atoms with Crippen molar-refractivity contribution < 1.29 is 56.9 Å². The molecule has 0 spiro atoms. The van der Waals surface area contributed by atoms with E-state index < -0.39 is 42.8 Å². The minimum Gasteiger partial charge on any atom is -0.478 e. The van der Waals surface area contributed by atoms with Crippen molar-refractivity contribution >= 4 is 16.1 Å². The molecule has 0 fully saturated rings. The largest absolute Gasteiger partial charge is 0.534 e. The number of unbranched alkanes of at least 4 members (excludes halogenated alkanes) is 1. The Morgan fingerprint density at radius 3 is 2.50 bits per heavy atom. The predicted molar refractivity (Wildman–Crippen MR) is 75.8 cm³/mol. The van der Waals surface area contributed by atoms with Crippen LogP contribution in [0.5, 0.6) is 0 Å². The molecule has 0 amide bonds. The minimum atomic E-state index is -5.73. The van der Waals surface area contributed by atoms with Crippen LogP contribution in [0.15, 0.2) is 34.1 Å². The molecule has 24 heavy (non-hydrogen) atoms. The van der Waals surface area contributed by atoms with Crippen LogP contribution in [-0.4, -0.2) is 25.0 Å². The van der Waals surface area contributed by atoms with Gasteiger partial charge in [0.25, 0.3) is 0 Å². The SMILES string of the molecule is CCCC/C(=C\[I+]c1ccccc1C(=O)O)OS(=O)(=O)C(F)(F)F. The Balaban J connectivity index is 3.05. The lowest BCUT2D eigenvalue weighted by atomic mass is 10.2. The van der Waals surface area contributed by atoms with E-state index >= 15 is 0 Å². The molecule has 0 heterocycles. The zero-order valence-corrected chi connectivity index (χ0v) is 15.5. The number of carbonyl (C=O) groups is 1. The fraction of sp³-hybridized carbons (Fsp3) is 0.357. The molecule has 0 radical (unpaired) electrons. The second-order valence-electron chi connectivity index (χ2n) is 4.56. The molecular formula is C14H15F3IO5S+. The number of halogens is 4. The van der Waals surface area contributed by atoms with E-state index in [4.69, 9.17) is 5.11 Å². The maximum absolute atomic E-state index is 12.4. The molecule has 10 heteroatoms. The molecule has 0 atom stereocenters. The van der Waals surface area contributed by atoms with Crippen molar-refractivity contribution in [1.82, 2.24) is 0 Å². The molecule has 1 N–H and O–H groups in total. The normalized spacial score (nSPS) is 12.9. The summed E-state index contributed by atoms with van der Waals surface area (Å²) in [6.07, 6.45) is 1.11. The Labute approximate surface area is 147 Å². The van der Waals surface area contributed by atoms with Crippen LogP contribution < -0.4 is 21.2 Å². The highest BCUT2D eigenvalue weighted by Gasteiger charge is 2.49. The van der Waals surface area contributed by atoms with Crippen molar-refractivity contribution in [2.24, 2.45) is 0 Å². The number of carboxylic acid groups (broad SMARTS) is 1. The molecular weight excluding hydrogens is 464 g/mol. The van der Waals surface area contributed by atoms with Crippen LogP contribution in [0.4, 0.5) is 13.2 Å². The number of rotatable bonds is 8. The Bertz CT molecular complexity index is 713. The Morgan fingerprint density at radius 2 is 1.96 bits per heavy atom. The summed E-state index contributed by atoms with van der Waals surface area (Å²) in [5.74, 6) is -1.46. The second-order valence-corrected chi connectivity index (χ2v) is 8.50. The number of benzene rings is 1. The van der Waals surface area contributed by atoms with Gasteiger partial charge in [-0.3, -0.25) is 0 Å². The first-order chi connectivity index (χ1) is 11.1. The van der Waals surface area contributed by atoms with E-state index in [1.165, 1.54) is 16.2 Å². The van der Waals surface area contributed by atoms with Gasteiger partial charge in [-0.05, 0) is 18.6 Å². The van der Waals surface area contributed by atoms with Gasteiger partial charge in [-0.15, -0.1) is 0 Å². The highest BCUT2D eigenvalue weighted by molar-refractivity contribution is 7.87. The van der Waals surface area contributed by atoms with Crippen LogP contribution in [0.2, 0.25) is 0 Å². The average Bonchev–Trinajstić information content (AvgIpc) is 2.48. The summed E-state index contributed by atoms with van der Waals surface area (Å²) in [5, 5.41) is 9.09. The molecule has 0 saturated heterocycles. The van der Waals surface area contributed by atoms with Crippen molar-refractivity contribution in [3.63, 3.8) is 0 Å². The second kappa shape index (κ2) is 8.70. The smallest absolute Gasteiger partial charge is 0.478 e. The summed E-state index contributed by atoms with van der Waals surface area (Å²) >= 11 is -1.18. The van der Waals surface area contributed by atoms with Gasteiger partial charge in [0.15, 0.2) is 9.84 Å². The van der Waals surface area contributed by atoms with Gasteiger partial charge in [0.2, 0.25) is 3.57 Å². The number of allylic oxidation sites excluding steroid dienone is 1. The first-order valence-electron chi connectivity index (χ1n) is 6.74. The lowest BCUT2D eigenvalue weighted by molar-refractivity contribution is -0.559. The van der Waals surface area contributed by atoms with Crippen LogP contribution in [0, 0.1) is 3.57 Å². The summed E-state index contributed by atoms with van der Waals surface area (Å²) < 4.78 is 65.5. The van der Waals surface area contributed by atoms with Gasteiger partial charge in [-0.25, -0.2) is 4.79 Å². The van der Waals surface area contributed by atoms with Gasteiger partial charge in [0.05, 0.1) is 0 Å². The molecule has 0 unspecified atom stereocenters. The third kappa shape index (κ3) is 5.96. The number of hydrogen-bond donors (Lipinski definition) is 1. The monoisotopic (exact) mass is 479 g/mol. The van der Waals surface area contributed by atoms with Gasteiger partial charge in [0, 0.05) is 6.42 Å². The van der Waals surface area contributed by atoms with Crippen LogP contribution in [0.1, 0.15) is 36.5 Å². The third-order valence-electron chi connectivity index (χ3n) is 2.68. The molecule has 1 aromatic rings. The fourth-order valence-corrected chi connectivity index (χ4v) is 4.47. The lowest BCUT2D eigenvalue weighted by Gasteiger charge is -2.10. The fourth-order valence-electron chi connectivity index (χ4n) is 1.50. The van der Waals surface area contributed by atoms with Crippen molar-refractivity contribution in [3.05, 3.63) is 43.2 Å². The average molecular weight is 479 g/mol. The number of hydrogen-bond acceptors (Lipinski definition) is 4. The van der Waals surface area contributed by atoms with Crippen molar-refractivity contribution in [2.75, 3.05) is 0 Å². The molecule has 1 rings (SSSR count). The zero-order chi connectivity index (χ0) is 18.4. The van der Waals surface area contributed by atoms with Crippen LogP contribution in [0.3, 0.4) is 0 Å². The zero-order valence-electron chi connectivity index (χ0n) is 12.5. The topological polar surface area (TPSA) is 80.7 Å². The summed E-state index contributed by atoms with van der Waals surface area (Å²) in [5.41, 5.74) is -5.47. The first-order valence-corrected chi connectivity index (χ1v) is 10.5. The molecule has 0 bridgehead atoms. The standard InChI is InChI=1S/C14H14F3IO5S/c1-2-3-6-10(23-24(21,22)14(15,16)17)9-18-12-8-5-4-7-11(12)13(19)20/h4-5,7-9H,2-3,6H2,1H3/p+1/b10-9+. The minimum absolute atomic E-state index is 0.0285. The van der Waals surface area contributed by atoms with Crippen LogP contribution >= 0.6 is 0 Å². The van der Waals surface area contributed by atoms with E-state index in [1.54, 1.807) is 19.1 Å². The summed E-state index contributed by atoms with van der Waals surface area (Å²) in [7, 11) is -5.73. The van der Waals surface area contributed by atoms with Crippen molar-refractivity contribution in [1.29, 1.82) is 0 Å². The molecule has 0 aliphatic carbocycles. The van der Waals surface area contributed by atoms with Gasteiger partial charge < -0.3 is 9.29 Å². The maximum atomic E-state index is 12.4. The molecule has 1 aromatic carbocycles. The molecule has 134 valence electrons. The summed E-state index contributed by atoms with van der Waals surface area (Å²) in [6.45, 7) is 1.80. The quantitative estimate of drug-likeness (QED) is 0.255. The van der Waals surface area contributed by atoms with E-state index in [9.17, 15) is 26.4 Å². The third-order valence-corrected chi connectivity index (χ3v) is 6.29. The molecule has 0 aromatic heterocycles. The first kappa shape index (κ1) is 20.7. The van der Waals surface area contributed by atoms with Crippen molar-refractivity contribution in [2.45, 2.75) is 31.7 Å². The predicted octanol–water partition coefficient (Wildman–Crippen LogP) is 0.541. The van der Waals surface area contributed by atoms with E-state index in [0.29, 0.717) is 16.4 Å². The summed E-state index contributed by atoms with van der Waals surface area (Å²) in [6, 6.07) is 6.06. The Morgan fingerprint density at radius 1 is 1.33 bits per heavy atom. The van der Waals surface area contributed by atoms with E-state index in [2.05, 4.69) is 4.18 Å². The number of alkyl halides is 3. The van der Waals surface area contributed by atoms with E-state index in [1.807, 2.05) is 0 Å². The van der Waals surface area contributed by atoms with Crippen molar-refractivity contribution in [3.8, 4) is 0 Å². The number of aromatic carboxylic acids is 1. The molecule has 0 aliphatic heterocycles. The highest BCUT2D eigenvalue weighted by atomic mass is 127. The number of carboxylic acids is 1. The van der Waals surface area contributed by atoms with E-state index in [0.717, 1.165) is 0 Å². The van der Waals surface area contributed by atoms with Gasteiger partial charge in [0.1, 0.15) is 5.56 Å².